The fourth-order valence-electron chi connectivity index (χ4n) is 2.96. The monoisotopic (exact) mass is 264 g/mol. The molecule has 1 aromatic rings. The molecule has 1 aromatic heterocycles. The summed E-state index contributed by atoms with van der Waals surface area (Å²) < 4.78 is 5.66. The number of hydrogen-bond acceptors (Lipinski definition) is 3. The Balaban J connectivity index is 1.87. The van der Waals surface area contributed by atoms with Crippen LogP contribution in [0.2, 0.25) is 0 Å². The topological polar surface area (TPSA) is 28.4 Å². The van der Waals surface area contributed by atoms with Gasteiger partial charge in [-0.2, -0.15) is 0 Å². The van der Waals surface area contributed by atoms with Crippen LogP contribution in [0.25, 0.3) is 0 Å². The Bertz CT molecular complexity index is 367. The summed E-state index contributed by atoms with van der Waals surface area (Å²) in [7, 11) is 2.24. The van der Waals surface area contributed by atoms with E-state index in [1.165, 1.54) is 31.2 Å². The second-order valence-corrected chi connectivity index (χ2v) is 5.98. The van der Waals surface area contributed by atoms with Crippen molar-refractivity contribution in [3.05, 3.63) is 23.7 Å². The molecule has 0 bridgehead atoms. The highest BCUT2D eigenvalue weighted by Crippen LogP contribution is 2.27. The van der Waals surface area contributed by atoms with E-state index in [9.17, 15) is 0 Å². The van der Waals surface area contributed by atoms with Crippen molar-refractivity contribution in [1.82, 2.24) is 10.2 Å². The Kier molecular flexibility index (Phi) is 5.46. The third-order valence-electron chi connectivity index (χ3n) is 4.40. The second-order valence-electron chi connectivity index (χ2n) is 5.98. The molecule has 19 heavy (non-hydrogen) atoms. The molecule has 0 radical (unpaired) electrons. The molecule has 2 rings (SSSR count). The summed E-state index contributed by atoms with van der Waals surface area (Å²) in [6, 6.07) is 2.82. The van der Waals surface area contributed by atoms with Gasteiger partial charge in [0, 0.05) is 18.2 Å². The van der Waals surface area contributed by atoms with Crippen molar-refractivity contribution in [1.29, 1.82) is 0 Å². The van der Waals surface area contributed by atoms with Gasteiger partial charge in [0.25, 0.3) is 0 Å². The van der Waals surface area contributed by atoms with Crippen molar-refractivity contribution in [2.45, 2.75) is 58.7 Å². The van der Waals surface area contributed by atoms with E-state index in [1.807, 2.05) is 6.26 Å². The lowest BCUT2D eigenvalue weighted by atomic mass is 9.87. The van der Waals surface area contributed by atoms with Gasteiger partial charge in [-0.1, -0.05) is 13.8 Å². The molecule has 0 aliphatic heterocycles. The van der Waals surface area contributed by atoms with E-state index in [2.05, 4.69) is 37.2 Å². The van der Waals surface area contributed by atoms with Gasteiger partial charge in [-0.05, 0) is 51.3 Å². The normalized spacial score (nSPS) is 24.0. The second kappa shape index (κ2) is 7.11. The minimum atomic E-state index is 0.730. The molecule has 1 aliphatic carbocycles. The smallest absolute Gasteiger partial charge is 0.122 e. The first-order valence-electron chi connectivity index (χ1n) is 7.67. The lowest BCUT2D eigenvalue weighted by Gasteiger charge is -2.33. The first-order valence-corrected chi connectivity index (χ1v) is 7.67. The number of nitrogens with zero attached hydrogens (tertiary/aromatic N) is 1. The van der Waals surface area contributed by atoms with Crippen LogP contribution in [0.5, 0.6) is 0 Å². The quantitative estimate of drug-likeness (QED) is 0.853. The van der Waals surface area contributed by atoms with E-state index in [1.54, 1.807) is 0 Å². The van der Waals surface area contributed by atoms with E-state index >= 15 is 0 Å². The van der Waals surface area contributed by atoms with Gasteiger partial charge in [-0.25, -0.2) is 0 Å². The molecule has 0 saturated heterocycles. The molecule has 0 amide bonds. The van der Waals surface area contributed by atoms with Crippen LogP contribution in [0.4, 0.5) is 0 Å². The lowest BCUT2D eigenvalue weighted by Crippen LogP contribution is -2.34. The van der Waals surface area contributed by atoms with Crippen molar-refractivity contribution < 1.29 is 4.42 Å². The molecule has 1 N–H and O–H groups in total. The van der Waals surface area contributed by atoms with Gasteiger partial charge in [-0.15, -0.1) is 0 Å². The Hall–Kier alpha value is -0.800. The Morgan fingerprint density at radius 3 is 2.74 bits per heavy atom. The minimum absolute atomic E-state index is 0.730. The average Bonchev–Trinajstić information content (AvgIpc) is 2.84. The van der Waals surface area contributed by atoms with Crippen molar-refractivity contribution in [3.8, 4) is 0 Å². The van der Waals surface area contributed by atoms with Crippen molar-refractivity contribution in [2.24, 2.45) is 5.92 Å². The van der Waals surface area contributed by atoms with Crippen LogP contribution >= 0.6 is 0 Å². The summed E-state index contributed by atoms with van der Waals surface area (Å²) in [5.41, 5.74) is 1.30. The first kappa shape index (κ1) is 14.6. The van der Waals surface area contributed by atoms with Gasteiger partial charge < -0.3 is 9.73 Å². The van der Waals surface area contributed by atoms with Crippen molar-refractivity contribution in [2.75, 3.05) is 13.6 Å². The third-order valence-corrected chi connectivity index (χ3v) is 4.40. The van der Waals surface area contributed by atoms with Gasteiger partial charge in [0.2, 0.25) is 0 Å². The molecule has 0 unspecified atom stereocenters. The maximum atomic E-state index is 5.66. The first-order chi connectivity index (χ1) is 9.20. The molecule has 3 nitrogen and oxygen atoms in total. The Morgan fingerprint density at radius 1 is 1.32 bits per heavy atom. The van der Waals surface area contributed by atoms with Gasteiger partial charge in [-0.3, -0.25) is 4.90 Å². The fraction of sp³-hybridized carbons (Fsp3) is 0.750. The van der Waals surface area contributed by atoms with Crippen LogP contribution in [0, 0.1) is 5.92 Å². The van der Waals surface area contributed by atoms with E-state index in [-0.39, 0.29) is 0 Å². The zero-order chi connectivity index (χ0) is 13.7. The highest BCUT2D eigenvalue weighted by Gasteiger charge is 2.22. The number of furan rings is 1. The summed E-state index contributed by atoms with van der Waals surface area (Å²) in [6.45, 7) is 7.36. The molecule has 1 aliphatic rings. The maximum absolute atomic E-state index is 5.66. The number of hydrogen-bond donors (Lipinski definition) is 1. The van der Waals surface area contributed by atoms with Gasteiger partial charge in [0.15, 0.2) is 0 Å². The molecular weight excluding hydrogens is 236 g/mol. The standard InChI is InChI=1S/C16H28N2O/c1-4-17-11-14-9-10-19-16(14)12-18(3)15-7-5-13(2)6-8-15/h9-10,13,15,17H,4-8,11-12H2,1-3H3. The van der Waals surface area contributed by atoms with Gasteiger partial charge in [0.1, 0.15) is 5.76 Å². The molecule has 0 aromatic carbocycles. The maximum Gasteiger partial charge on any atom is 0.122 e. The van der Waals surface area contributed by atoms with Crippen LogP contribution in [0.3, 0.4) is 0 Å². The summed E-state index contributed by atoms with van der Waals surface area (Å²) in [6.07, 6.45) is 7.23. The van der Waals surface area contributed by atoms with Crippen LogP contribution in [-0.4, -0.2) is 24.5 Å². The van der Waals surface area contributed by atoms with Gasteiger partial charge >= 0.3 is 0 Å². The summed E-state index contributed by atoms with van der Waals surface area (Å²) >= 11 is 0. The van der Waals surface area contributed by atoms with E-state index in [4.69, 9.17) is 4.42 Å². The molecule has 1 heterocycles. The molecule has 1 saturated carbocycles. The molecule has 0 spiro atoms. The largest absolute Gasteiger partial charge is 0.468 e. The lowest BCUT2D eigenvalue weighted by molar-refractivity contribution is 0.154. The van der Waals surface area contributed by atoms with Crippen LogP contribution in [0.1, 0.15) is 50.9 Å². The molecule has 108 valence electrons. The summed E-state index contributed by atoms with van der Waals surface area (Å²) in [5, 5.41) is 3.37. The summed E-state index contributed by atoms with van der Waals surface area (Å²) in [5.74, 6) is 2.04. The molecular formula is C16H28N2O. The zero-order valence-corrected chi connectivity index (χ0v) is 12.6. The average molecular weight is 264 g/mol. The van der Waals surface area contributed by atoms with E-state index in [0.717, 1.165) is 37.4 Å². The number of rotatable bonds is 6. The fourth-order valence-corrected chi connectivity index (χ4v) is 2.96. The molecule has 0 atom stereocenters. The van der Waals surface area contributed by atoms with Crippen molar-refractivity contribution in [3.63, 3.8) is 0 Å². The van der Waals surface area contributed by atoms with Crippen LogP contribution < -0.4 is 5.32 Å². The molecule has 1 fully saturated rings. The van der Waals surface area contributed by atoms with Crippen LogP contribution in [0.15, 0.2) is 16.7 Å². The van der Waals surface area contributed by atoms with Crippen LogP contribution in [-0.2, 0) is 13.1 Å². The summed E-state index contributed by atoms with van der Waals surface area (Å²) in [4.78, 5) is 2.47. The number of nitrogens with one attached hydrogen (secondary N) is 1. The third kappa shape index (κ3) is 4.08. The van der Waals surface area contributed by atoms with E-state index < -0.39 is 0 Å². The van der Waals surface area contributed by atoms with E-state index in [0.29, 0.717) is 0 Å². The predicted molar refractivity (Wildman–Crippen MR) is 79.0 cm³/mol. The predicted octanol–water partition coefficient (Wildman–Crippen LogP) is 3.40. The Labute approximate surface area is 117 Å². The highest BCUT2D eigenvalue weighted by molar-refractivity contribution is 5.16. The minimum Gasteiger partial charge on any atom is -0.468 e. The van der Waals surface area contributed by atoms with Gasteiger partial charge in [0.05, 0.1) is 12.8 Å². The SMILES string of the molecule is CCNCc1ccoc1CN(C)C1CCC(C)CC1. The zero-order valence-electron chi connectivity index (χ0n) is 12.6. The highest BCUT2D eigenvalue weighted by atomic mass is 16.3. The Morgan fingerprint density at radius 2 is 2.05 bits per heavy atom. The molecule has 3 heteroatoms. The van der Waals surface area contributed by atoms with Crippen molar-refractivity contribution >= 4 is 0 Å².